The number of rotatable bonds is 7. The lowest BCUT2D eigenvalue weighted by Crippen LogP contribution is -2.26. The number of pyridine rings is 1. The molecule has 6 aromatic carbocycles. The first-order chi connectivity index (χ1) is 25.0. The molecule has 0 radical (unpaired) electrons. The topological polar surface area (TPSA) is 33.5 Å². The average molecular weight is 665 g/mol. The van der Waals surface area contributed by atoms with Gasteiger partial charge < -0.3 is 14.5 Å². The average Bonchev–Trinajstić information content (AvgIpc) is 3.71. The molecule has 0 N–H and O–H groups in total. The van der Waals surface area contributed by atoms with Crippen LogP contribution in [0.2, 0.25) is 0 Å². The van der Waals surface area contributed by atoms with Crippen LogP contribution in [-0.4, -0.2) is 16.2 Å². The summed E-state index contributed by atoms with van der Waals surface area (Å²) in [5.41, 5.74) is 9.78. The van der Waals surface area contributed by atoms with Crippen LogP contribution in [0.15, 0.2) is 146 Å². The second-order valence-corrected chi connectivity index (χ2v) is 14.1. The zero-order chi connectivity index (χ0) is 34.6. The summed E-state index contributed by atoms with van der Waals surface area (Å²) in [6.45, 7) is 9.90. The zero-order valence-electron chi connectivity index (χ0n) is 29.4. The molecule has 5 nitrogen and oxygen atoms in total. The first-order valence-corrected chi connectivity index (χ1v) is 17.9. The predicted molar refractivity (Wildman–Crippen MR) is 213 cm³/mol. The summed E-state index contributed by atoms with van der Waals surface area (Å²) in [5.74, 6) is 3.22. The molecule has 51 heavy (non-hydrogen) atoms. The fraction of sp³-hybridized carbons (Fsp3) is 0.152. The summed E-state index contributed by atoms with van der Waals surface area (Å²) in [7, 11) is 0. The predicted octanol–water partition coefficient (Wildman–Crippen LogP) is 12.6. The van der Waals surface area contributed by atoms with Gasteiger partial charge in [-0.1, -0.05) is 107 Å². The van der Waals surface area contributed by atoms with Crippen LogP contribution in [0.4, 0.5) is 22.7 Å². The third-order valence-electron chi connectivity index (χ3n) is 10.2. The number of ether oxygens (including phenoxy) is 1. The SMILES string of the molecule is CC(C)c1cccc(C(C)C)c1N1CN(c2cccc(Oc3ccc4c5ccccc5n(-c5ccccn5)c4c3)c2)c2ccc3ccccc3c21. The van der Waals surface area contributed by atoms with Crippen molar-refractivity contribution < 1.29 is 4.74 Å². The zero-order valence-corrected chi connectivity index (χ0v) is 29.4. The van der Waals surface area contributed by atoms with E-state index < -0.39 is 0 Å². The molecular formula is C46H40N4O. The Balaban J connectivity index is 1.14. The molecule has 0 saturated heterocycles. The maximum absolute atomic E-state index is 6.67. The summed E-state index contributed by atoms with van der Waals surface area (Å²) < 4.78 is 8.89. The molecule has 0 unspecified atom stereocenters. The van der Waals surface area contributed by atoms with Crippen molar-refractivity contribution in [3.63, 3.8) is 0 Å². The molecule has 8 aromatic rings. The summed E-state index contributed by atoms with van der Waals surface area (Å²) in [5, 5.41) is 4.86. The minimum Gasteiger partial charge on any atom is -0.457 e. The summed E-state index contributed by atoms with van der Waals surface area (Å²) in [6.07, 6.45) is 1.84. The Hall–Kier alpha value is -6.07. The summed E-state index contributed by atoms with van der Waals surface area (Å²) >= 11 is 0. The highest BCUT2D eigenvalue weighted by molar-refractivity contribution is 6.09. The minimum absolute atomic E-state index is 0.386. The van der Waals surface area contributed by atoms with Crippen molar-refractivity contribution in [3.05, 3.63) is 157 Å². The number of fused-ring (bicyclic) bond motifs is 6. The van der Waals surface area contributed by atoms with Gasteiger partial charge in [-0.05, 0) is 76.9 Å². The van der Waals surface area contributed by atoms with E-state index in [-0.39, 0.29) is 0 Å². The molecule has 5 heteroatoms. The number of hydrogen-bond donors (Lipinski definition) is 0. The van der Waals surface area contributed by atoms with Gasteiger partial charge in [0.05, 0.1) is 22.4 Å². The van der Waals surface area contributed by atoms with Crippen LogP contribution >= 0.6 is 0 Å². The van der Waals surface area contributed by atoms with Gasteiger partial charge in [-0.3, -0.25) is 4.57 Å². The van der Waals surface area contributed by atoms with Gasteiger partial charge in [0.25, 0.3) is 0 Å². The number of benzene rings is 6. The van der Waals surface area contributed by atoms with Crippen LogP contribution in [-0.2, 0) is 0 Å². The maximum Gasteiger partial charge on any atom is 0.137 e. The van der Waals surface area contributed by atoms with Gasteiger partial charge in [-0.15, -0.1) is 0 Å². The Morgan fingerprint density at radius 2 is 1.25 bits per heavy atom. The van der Waals surface area contributed by atoms with Crippen LogP contribution in [0.25, 0.3) is 38.4 Å². The largest absolute Gasteiger partial charge is 0.457 e. The molecule has 0 spiro atoms. The monoisotopic (exact) mass is 664 g/mol. The molecule has 1 aliphatic rings. The molecule has 250 valence electrons. The molecule has 3 heterocycles. The van der Waals surface area contributed by atoms with Crippen molar-refractivity contribution in [2.75, 3.05) is 16.5 Å². The highest BCUT2D eigenvalue weighted by Gasteiger charge is 2.33. The van der Waals surface area contributed by atoms with E-state index in [9.17, 15) is 0 Å². The van der Waals surface area contributed by atoms with E-state index in [1.165, 1.54) is 49.7 Å². The van der Waals surface area contributed by atoms with Crippen LogP contribution in [0, 0.1) is 0 Å². The number of anilines is 4. The van der Waals surface area contributed by atoms with E-state index in [1.54, 1.807) is 0 Å². The number of para-hydroxylation sites is 2. The molecule has 0 saturated carbocycles. The van der Waals surface area contributed by atoms with E-state index in [1.807, 2.05) is 30.5 Å². The maximum atomic E-state index is 6.67. The molecule has 2 aromatic heterocycles. The molecule has 9 rings (SSSR count). The smallest absolute Gasteiger partial charge is 0.137 e. The standard InChI is InChI=1S/C46H40N4O/c1-30(2)36-18-12-19-37(31(3)4)45(36)49-29-48(42-25-22-32-13-5-6-16-38(32)46(42)49)33-14-11-15-34(27-33)51-35-23-24-40-39-17-7-8-20-41(39)50(43(40)28-35)44-21-9-10-26-47-44/h5-28,30-31H,29H2,1-4H3. The molecule has 0 atom stereocenters. The first-order valence-electron chi connectivity index (χ1n) is 17.9. The minimum atomic E-state index is 0.386. The van der Waals surface area contributed by atoms with E-state index in [2.05, 4.69) is 157 Å². The van der Waals surface area contributed by atoms with Crippen LogP contribution in [0.5, 0.6) is 11.5 Å². The molecule has 0 aliphatic carbocycles. The lowest BCUT2D eigenvalue weighted by Gasteiger charge is -2.29. The fourth-order valence-corrected chi connectivity index (χ4v) is 7.86. The molecule has 0 amide bonds. The molecule has 0 bridgehead atoms. The molecule has 0 fully saturated rings. The quantitative estimate of drug-likeness (QED) is 0.170. The van der Waals surface area contributed by atoms with Gasteiger partial charge in [-0.25, -0.2) is 4.98 Å². The molecule has 1 aliphatic heterocycles. The van der Waals surface area contributed by atoms with Gasteiger partial charge in [0.15, 0.2) is 0 Å². The van der Waals surface area contributed by atoms with Crippen molar-refractivity contribution in [1.82, 2.24) is 9.55 Å². The van der Waals surface area contributed by atoms with Crippen LogP contribution in [0.3, 0.4) is 0 Å². The van der Waals surface area contributed by atoms with Crippen molar-refractivity contribution in [3.8, 4) is 17.3 Å². The van der Waals surface area contributed by atoms with Crippen molar-refractivity contribution >= 4 is 55.3 Å². The lowest BCUT2D eigenvalue weighted by molar-refractivity contribution is 0.483. The van der Waals surface area contributed by atoms with Gasteiger partial charge in [0.1, 0.15) is 24.0 Å². The Morgan fingerprint density at radius 3 is 2.04 bits per heavy atom. The second kappa shape index (κ2) is 12.4. The Labute approximate surface area is 299 Å². The van der Waals surface area contributed by atoms with Crippen molar-refractivity contribution in [2.45, 2.75) is 39.5 Å². The van der Waals surface area contributed by atoms with E-state index in [0.29, 0.717) is 18.5 Å². The molecular weight excluding hydrogens is 625 g/mol. The second-order valence-electron chi connectivity index (χ2n) is 14.1. The first kappa shape index (κ1) is 30.9. The Bertz CT molecular complexity index is 2540. The van der Waals surface area contributed by atoms with Crippen LogP contribution < -0.4 is 14.5 Å². The van der Waals surface area contributed by atoms with Crippen LogP contribution in [0.1, 0.15) is 50.7 Å². The van der Waals surface area contributed by atoms with E-state index in [0.717, 1.165) is 34.0 Å². The summed E-state index contributed by atoms with van der Waals surface area (Å²) in [4.78, 5) is 9.68. The van der Waals surface area contributed by atoms with Gasteiger partial charge in [0.2, 0.25) is 0 Å². The van der Waals surface area contributed by atoms with Crippen molar-refractivity contribution in [2.24, 2.45) is 0 Å². The third-order valence-corrected chi connectivity index (χ3v) is 10.2. The van der Waals surface area contributed by atoms with Gasteiger partial charge >= 0.3 is 0 Å². The van der Waals surface area contributed by atoms with E-state index in [4.69, 9.17) is 9.72 Å². The Kier molecular flexibility index (Phi) is 7.50. The third kappa shape index (κ3) is 5.20. The highest BCUT2D eigenvalue weighted by Crippen LogP contribution is 2.51. The number of hydrogen-bond acceptors (Lipinski definition) is 4. The van der Waals surface area contributed by atoms with Gasteiger partial charge in [-0.2, -0.15) is 0 Å². The highest BCUT2D eigenvalue weighted by atomic mass is 16.5. The lowest BCUT2D eigenvalue weighted by atomic mass is 9.91. The fourth-order valence-electron chi connectivity index (χ4n) is 7.86. The Morgan fingerprint density at radius 1 is 0.549 bits per heavy atom. The number of nitrogens with zero attached hydrogens (tertiary/aromatic N) is 4. The normalized spacial score (nSPS) is 12.9. The summed E-state index contributed by atoms with van der Waals surface area (Å²) in [6, 6.07) is 49.5. The van der Waals surface area contributed by atoms with E-state index >= 15 is 0 Å². The van der Waals surface area contributed by atoms with Gasteiger partial charge in [0, 0.05) is 45.9 Å². The van der Waals surface area contributed by atoms with Crippen molar-refractivity contribution in [1.29, 1.82) is 0 Å². The number of aromatic nitrogens is 2.